The lowest BCUT2D eigenvalue weighted by Gasteiger charge is -2.31. The molecule has 1 aliphatic rings. The molecule has 1 atom stereocenters. The molecule has 2 N–H and O–H groups in total. The Bertz CT molecular complexity index is 821. The zero-order valence-electron chi connectivity index (χ0n) is 13.9. The molecule has 1 aliphatic heterocycles. The van der Waals surface area contributed by atoms with E-state index < -0.39 is 29.2 Å². The summed E-state index contributed by atoms with van der Waals surface area (Å²) in [5.74, 6) is 0.287. The Balaban J connectivity index is 1.82. The zero-order chi connectivity index (χ0) is 19.8. The second-order valence-corrected chi connectivity index (χ2v) is 6.55. The van der Waals surface area contributed by atoms with Gasteiger partial charge in [0.15, 0.2) is 0 Å². The Morgan fingerprint density at radius 3 is 2.22 bits per heavy atom. The smallest absolute Gasteiger partial charge is 0.298 e. The van der Waals surface area contributed by atoms with Crippen molar-refractivity contribution in [2.75, 3.05) is 13.1 Å². The van der Waals surface area contributed by atoms with Crippen molar-refractivity contribution in [2.24, 2.45) is 0 Å². The second kappa shape index (κ2) is 7.02. The highest BCUT2D eigenvalue weighted by Crippen LogP contribution is 2.37. The maximum Gasteiger partial charge on any atom is 0.416 e. The maximum absolute atomic E-state index is 13.0. The molecule has 0 aliphatic carbocycles. The van der Waals surface area contributed by atoms with E-state index in [-0.39, 0.29) is 24.1 Å². The number of aromatic nitrogens is 3. The number of rotatable bonds is 3. The van der Waals surface area contributed by atoms with E-state index in [0.717, 1.165) is 12.1 Å². The first kappa shape index (κ1) is 19.5. The predicted molar refractivity (Wildman–Crippen MR) is 82.9 cm³/mol. The maximum atomic E-state index is 13.0. The van der Waals surface area contributed by atoms with Crippen LogP contribution < -0.4 is 5.69 Å². The molecule has 0 amide bonds. The third kappa shape index (κ3) is 4.71. The summed E-state index contributed by atoms with van der Waals surface area (Å²) in [6, 6.07) is 1.61. The van der Waals surface area contributed by atoms with Crippen molar-refractivity contribution in [3.8, 4) is 0 Å². The number of hydrogen-bond donors (Lipinski definition) is 2. The molecule has 0 saturated carbocycles. The number of benzene rings is 1. The minimum atomic E-state index is -4.87. The first-order valence-corrected chi connectivity index (χ1v) is 8.17. The minimum absolute atomic E-state index is 0.0574. The molecule has 1 aromatic carbocycles. The lowest BCUT2D eigenvalue weighted by Crippen LogP contribution is -2.34. The number of aromatic amines is 2. The lowest BCUT2D eigenvalue weighted by molar-refractivity contribution is -0.143. The van der Waals surface area contributed by atoms with Gasteiger partial charge in [-0.3, -0.25) is 9.88 Å². The van der Waals surface area contributed by atoms with Gasteiger partial charge in [-0.2, -0.15) is 31.4 Å². The van der Waals surface area contributed by atoms with E-state index in [4.69, 9.17) is 0 Å². The van der Waals surface area contributed by atoms with Crippen LogP contribution >= 0.6 is 0 Å². The van der Waals surface area contributed by atoms with Gasteiger partial charge in [-0.1, -0.05) is 0 Å². The quantitative estimate of drug-likeness (QED) is 0.783. The summed E-state index contributed by atoms with van der Waals surface area (Å²) in [6.07, 6.45) is -8.33. The van der Waals surface area contributed by atoms with Crippen LogP contribution in [0, 0.1) is 0 Å². The van der Waals surface area contributed by atoms with Crippen molar-refractivity contribution < 1.29 is 26.3 Å². The summed E-state index contributed by atoms with van der Waals surface area (Å²) >= 11 is 0. The largest absolute Gasteiger partial charge is 0.416 e. The molecule has 5 nitrogen and oxygen atoms in total. The highest BCUT2D eigenvalue weighted by atomic mass is 19.4. The van der Waals surface area contributed by atoms with Gasteiger partial charge in [0.25, 0.3) is 0 Å². The SMILES string of the molecule is O=c1[nH]nc(C2CCCN(Cc3cc(C(F)(F)F)cc(C(F)(F)F)c3)C2)[nH]1. The fourth-order valence-electron chi connectivity index (χ4n) is 3.27. The Hall–Kier alpha value is -2.30. The molecule has 1 fully saturated rings. The van der Waals surface area contributed by atoms with Crippen LogP contribution in [0.2, 0.25) is 0 Å². The fraction of sp³-hybridized carbons (Fsp3) is 0.500. The third-order valence-corrected chi connectivity index (χ3v) is 4.47. The number of nitrogens with one attached hydrogen (secondary N) is 2. The van der Waals surface area contributed by atoms with Gasteiger partial charge in [-0.25, -0.2) is 9.89 Å². The molecule has 2 heterocycles. The summed E-state index contributed by atoms with van der Waals surface area (Å²) in [5.41, 5.74) is -3.17. The van der Waals surface area contributed by atoms with E-state index in [9.17, 15) is 31.1 Å². The van der Waals surface area contributed by atoms with Gasteiger partial charge in [0.05, 0.1) is 11.1 Å². The van der Waals surface area contributed by atoms with Gasteiger partial charge >= 0.3 is 18.0 Å². The molecule has 2 aromatic rings. The molecule has 0 spiro atoms. The first-order valence-electron chi connectivity index (χ1n) is 8.17. The number of halogens is 6. The normalized spacial score (nSPS) is 19.4. The molecule has 1 aromatic heterocycles. The van der Waals surface area contributed by atoms with Crippen molar-refractivity contribution in [2.45, 2.75) is 37.7 Å². The highest BCUT2D eigenvalue weighted by Gasteiger charge is 2.37. The van der Waals surface area contributed by atoms with Crippen molar-refractivity contribution in [3.63, 3.8) is 0 Å². The number of H-pyrrole nitrogens is 2. The first-order chi connectivity index (χ1) is 12.5. The number of piperidine rings is 1. The van der Waals surface area contributed by atoms with Crippen molar-refractivity contribution in [3.05, 3.63) is 51.2 Å². The van der Waals surface area contributed by atoms with Crippen molar-refractivity contribution >= 4 is 0 Å². The van der Waals surface area contributed by atoms with Crippen LogP contribution in [0.1, 0.15) is 41.3 Å². The number of likely N-dealkylation sites (tertiary alicyclic amines) is 1. The zero-order valence-corrected chi connectivity index (χ0v) is 13.9. The molecule has 0 bridgehead atoms. The van der Waals surface area contributed by atoms with Crippen LogP contribution in [0.5, 0.6) is 0 Å². The molecule has 0 radical (unpaired) electrons. The average Bonchev–Trinajstić information content (AvgIpc) is 3.00. The monoisotopic (exact) mass is 394 g/mol. The van der Waals surface area contributed by atoms with Crippen LogP contribution in [-0.4, -0.2) is 33.2 Å². The Morgan fingerprint density at radius 1 is 1.07 bits per heavy atom. The molecule has 11 heteroatoms. The van der Waals surface area contributed by atoms with Gasteiger partial charge in [0.2, 0.25) is 0 Å². The summed E-state index contributed by atoms with van der Waals surface area (Å²) in [7, 11) is 0. The van der Waals surface area contributed by atoms with E-state index in [0.29, 0.717) is 31.8 Å². The predicted octanol–water partition coefficient (Wildman–Crippen LogP) is 3.52. The topological polar surface area (TPSA) is 64.8 Å². The summed E-state index contributed by atoms with van der Waals surface area (Å²) in [6.45, 7) is 0.847. The molecular weight excluding hydrogens is 378 g/mol. The summed E-state index contributed by atoms with van der Waals surface area (Å²) < 4.78 is 77.8. The van der Waals surface area contributed by atoms with Crippen LogP contribution in [-0.2, 0) is 18.9 Å². The molecule has 3 rings (SSSR count). The van der Waals surface area contributed by atoms with Gasteiger partial charge in [0.1, 0.15) is 5.82 Å². The molecular formula is C16H16F6N4O. The number of alkyl halides is 6. The van der Waals surface area contributed by atoms with E-state index >= 15 is 0 Å². The third-order valence-electron chi connectivity index (χ3n) is 4.47. The summed E-state index contributed by atoms with van der Waals surface area (Å²) in [5, 5.41) is 6.11. The molecule has 27 heavy (non-hydrogen) atoms. The molecule has 1 unspecified atom stereocenters. The van der Waals surface area contributed by atoms with E-state index in [1.807, 2.05) is 0 Å². The van der Waals surface area contributed by atoms with Crippen LogP contribution in [0.15, 0.2) is 23.0 Å². The molecule has 1 saturated heterocycles. The average molecular weight is 394 g/mol. The lowest BCUT2D eigenvalue weighted by atomic mass is 9.96. The summed E-state index contributed by atoms with van der Waals surface area (Å²) in [4.78, 5) is 15.5. The van der Waals surface area contributed by atoms with Gasteiger partial charge < -0.3 is 0 Å². The van der Waals surface area contributed by atoms with Crippen LogP contribution in [0.4, 0.5) is 26.3 Å². The number of nitrogens with zero attached hydrogens (tertiary/aromatic N) is 2. The van der Waals surface area contributed by atoms with Crippen LogP contribution in [0.3, 0.4) is 0 Å². The Kier molecular flexibility index (Phi) is 5.06. The standard InChI is InChI=1S/C16H16F6N4O/c17-15(18,19)11-4-9(5-12(6-11)16(20,21)22)7-26-3-1-2-10(8-26)13-23-14(27)25-24-13/h4-6,10H,1-3,7-8H2,(H2,23,24,25,27). The van der Waals surface area contributed by atoms with Crippen LogP contribution in [0.25, 0.3) is 0 Å². The van der Waals surface area contributed by atoms with Gasteiger partial charge in [-0.05, 0) is 43.1 Å². The van der Waals surface area contributed by atoms with Gasteiger partial charge in [-0.15, -0.1) is 0 Å². The fourth-order valence-corrected chi connectivity index (χ4v) is 3.27. The highest BCUT2D eigenvalue weighted by molar-refractivity contribution is 5.33. The van der Waals surface area contributed by atoms with Crippen molar-refractivity contribution in [1.29, 1.82) is 0 Å². The Morgan fingerprint density at radius 2 is 1.70 bits per heavy atom. The van der Waals surface area contributed by atoms with Crippen molar-refractivity contribution in [1.82, 2.24) is 20.1 Å². The molecule has 148 valence electrons. The second-order valence-electron chi connectivity index (χ2n) is 6.55. The van der Waals surface area contributed by atoms with Gasteiger partial charge in [0, 0.05) is 19.0 Å². The Labute approximate surface area is 149 Å². The number of hydrogen-bond acceptors (Lipinski definition) is 3. The van der Waals surface area contributed by atoms with E-state index in [1.54, 1.807) is 4.90 Å². The van der Waals surface area contributed by atoms with E-state index in [1.165, 1.54) is 0 Å². The minimum Gasteiger partial charge on any atom is -0.298 e. The van der Waals surface area contributed by atoms with E-state index in [2.05, 4.69) is 15.2 Å².